The minimum Gasteiger partial charge on any atom is -0.465 e. The molecule has 4 rings (SSSR count). The van der Waals surface area contributed by atoms with Gasteiger partial charge in [0.25, 0.3) is 5.91 Å². The third-order valence-electron chi connectivity index (χ3n) is 5.44. The van der Waals surface area contributed by atoms with Gasteiger partial charge in [-0.15, -0.1) is 11.3 Å². The number of sulfone groups is 1. The minimum atomic E-state index is -3.94. The lowest BCUT2D eigenvalue weighted by Gasteiger charge is -2.12. The van der Waals surface area contributed by atoms with E-state index >= 15 is 0 Å². The van der Waals surface area contributed by atoms with Crippen LogP contribution < -0.4 is 5.32 Å². The highest BCUT2D eigenvalue weighted by atomic mass is 35.5. The second-order valence-corrected chi connectivity index (χ2v) is 11.4. The van der Waals surface area contributed by atoms with Crippen molar-refractivity contribution in [1.82, 2.24) is 9.97 Å². The third kappa shape index (κ3) is 4.98. The minimum absolute atomic E-state index is 0.104. The summed E-state index contributed by atoms with van der Waals surface area (Å²) in [5.74, 6) is -1.59. The standard InChI is InChI=1S/C23H22ClN3O5S2/c1-13-6-5-7-14(10-13)12-34(30,31)23-25-11-16(24)19(26-23)20(28)27-21-18(22(29)32-2)15-8-3-4-9-17(15)33-21/h5-7,10-11H,3-4,8-9,12H2,1-2H3,(H,27,28). The number of aryl methyl sites for hydroxylation is 2. The van der Waals surface area contributed by atoms with Gasteiger partial charge in [-0.2, -0.15) is 0 Å². The van der Waals surface area contributed by atoms with E-state index < -0.39 is 26.9 Å². The number of hydrogen-bond acceptors (Lipinski definition) is 8. The molecule has 8 nitrogen and oxygen atoms in total. The van der Waals surface area contributed by atoms with Gasteiger partial charge in [-0.25, -0.2) is 23.2 Å². The first-order chi connectivity index (χ1) is 16.2. The number of aromatic nitrogens is 2. The van der Waals surface area contributed by atoms with Crippen LogP contribution in [0.25, 0.3) is 0 Å². The molecule has 1 amide bonds. The van der Waals surface area contributed by atoms with Crippen molar-refractivity contribution in [3.8, 4) is 0 Å². The summed E-state index contributed by atoms with van der Waals surface area (Å²) >= 11 is 7.46. The van der Waals surface area contributed by atoms with Crippen molar-refractivity contribution in [2.24, 2.45) is 0 Å². The number of carbonyl (C=O) groups is 2. The van der Waals surface area contributed by atoms with Gasteiger partial charge < -0.3 is 10.1 Å². The zero-order chi connectivity index (χ0) is 24.5. The Morgan fingerprint density at radius 3 is 2.74 bits per heavy atom. The Balaban J connectivity index is 1.65. The monoisotopic (exact) mass is 519 g/mol. The molecule has 178 valence electrons. The van der Waals surface area contributed by atoms with Crippen LogP contribution in [0.15, 0.2) is 35.6 Å². The van der Waals surface area contributed by atoms with Gasteiger partial charge in [0.2, 0.25) is 15.0 Å². The molecule has 0 fully saturated rings. The van der Waals surface area contributed by atoms with Gasteiger partial charge in [0.05, 0.1) is 29.6 Å². The average molecular weight is 520 g/mol. The van der Waals surface area contributed by atoms with Crippen LogP contribution in [-0.4, -0.2) is 37.4 Å². The number of ether oxygens (including phenoxy) is 1. The van der Waals surface area contributed by atoms with Gasteiger partial charge in [-0.05, 0) is 43.7 Å². The first-order valence-corrected chi connectivity index (χ1v) is 13.4. The van der Waals surface area contributed by atoms with Crippen LogP contribution in [0.1, 0.15) is 55.3 Å². The van der Waals surface area contributed by atoms with Crippen molar-refractivity contribution in [3.63, 3.8) is 0 Å². The summed E-state index contributed by atoms with van der Waals surface area (Å²) in [5, 5.41) is 2.42. The number of thiophene rings is 1. The zero-order valence-electron chi connectivity index (χ0n) is 18.6. The van der Waals surface area contributed by atoms with E-state index in [1.54, 1.807) is 18.2 Å². The van der Waals surface area contributed by atoms with E-state index in [2.05, 4.69) is 15.3 Å². The number of fused-ring (bicyclic) bond motifs is 1. The Bertz CT molecular complexity index is 1390. The number of carbonyl (C=O) groups excluding carboxylic acids is 2. The normalized spacial score (nSPS) is 13.3. The molecule has 0 atom stereocenters. The van der Waals surface area contributed by atoms with Crippen molar-refractivity contribution in [2.45, 2.75) is 43.5 Å². The highest BCUT2D eigenvalue weighted by molar-refractivity contribution is 7.90. The molecule has 0 saturated heterocycles. The molecule has 1 N–H and O–H groups in total. The van der Waals surface area contributed by atoms with Crippen LogP contribution in [0.2, 0.25) is 5.02 Å². The van der Waals surface area contributed by atoms with E-state index in [9.17, 15) is 18.0 Å². The fraction of sp³-hybridized carbons (Fsp3) is 0.304. The van der Waals surface area contributed by atoms with Crippen LogP contribution in [0, 0.1) is 6.92 Å². The molecule has 0 unspecified atom stereocenters. The van der Waals surface area contributed by atoms with Gasteiger partial charge >= 0.3 is 5.97 Å². The Hall–Kier alpha value is -2.82. The first kappa shape index (κ1) is 24.3. The number of methoxy groups -OCH3 is 1. The molecule has 0 radical (unpaired) electrons. The van der Waals surface area contributed by atoms with E-state index in [4.69, 9.17) is 16.3 Å². The maximum absolute atomic E-state index is 13.1. The number of rotatable bonds is 6. The smallest absolute Gasteiger partial charge is 0.341 e. The van der Waals surface area contributed by atoms with Crippen molar-refractivity contribution in [2.75, 3.05) is 12.4 Å². The summed E-state index contributed by atoms with van der Waals surface area (Å²) in [6.07, 6.45) is 4.58. The van der Waals surface area contributed by atoms with Crippen LogP contribution in [0.4, 0.5) is 5.00 Å². The lowest BCUT2D eigenvalue weighted by Crippen LogP contribution is -2.19. The number of nitrogens with zero attached hydrogens (tertiary/aromatic N) is 2. The largest absolute Gasteiger partial charge is 0.465 e. The molecule has 2 aromatic heterocycles. The highest BCUT2D eigenvalue weighted by Crippen LogP contribution is 2.39. The number of halogens is 1. The lowest BCUT2D eigenvalue weighted by molar-refractivity contribution is 0.0601. The Morgan fingerprint density at radius 1 is 1.24 bits per heavy atom. The molecule has 1 aliphatic carbocycles. The first-order valence-electron chi connectivity index (χ1n) is 10.5. The summed E-state index contributed by atoms with van der Waals surface area (Å²) in [6.45, 7) is 1.86. The second kappa shape index (κ2) is 9.81. The summed E-state index contributed by atoms with van der Waals surface area (Å²) in [7, 11) is -2.65. The zero-order valence-corrected chi connectivity index (χ0v) is 20.9. The lowest BCUT2D eigenvalue weighted by atomic mass is 9.95. The van der Waals surface area contributed by atoms with Gasteiger partial charge in [-0.3, -0.25) is 4.79 Å². The molecular formula is C23H22ClN3O5S2. The topological polar surface area (TPSA) is 115 Å². The van der Waals surface area contributed by atoms with Crippen molar-refractivity contribution in [1.29, 1.82) is 0 Å². The second-order valence-electron chi connectivity index (χ2n) is 7.96. The number of nitrogens with one attached hydrogen (secondary N) is 1. The fourth-order valence-electron chi connectivity index (χ4n) is 3.88. The predicted octanol–water partition coefficient (Wildman–Crippen LogP) is 4.39. The number of esters is 1. The SMILES string of the molecule is COC(=O)c1c(NC(=O)c2nc(S(=O)(=O)Cc3cccc(C)c3)ncc2Cl)sc2c1CCCC2. The molecule has 0 saturated carbocycles. The van der Waals surface area contributed by atoms with Gasteiger partial charge in [0, 0.05) is 4.88 Å². The van der Waals surface area contributed by atoms with Gasteiger partial charge in [0.15, 0.2) is 5.69 Å². The molecule has 0 aliphatic heterocycles. The molecule has 3 aromatic rings. The Labute approximate surface area is 206 Å². The van der Waals surface area contributed by atoms with Gasteiger partial charge in [0.1, 0.15) is 5.00 Å². The fourth-order valence-corrected chi connectivity index (χ4v) is 6.52. The summed E-state index contributed by atoms with van der Waals surface area (Å²) in [4.78, 5) is 34.4. The molecule has 1 aromatic carbocycles. The summed E-state index contributed by atoms with van der Waals surface area (Å²) in [6, 6.07) is 7.08. The molecule has 2 heterocycles. The van der Waals surface area contributed by atoms with E-state index in [0.29, 0.717) is 16.1 Å². The molecule has 34 heavy (non-hydrogen) atoms. The molecule has 1 aliphatic rings. The highest BCUT2D eigenvalue weighted by Gasteiger charge is 2.29. The molecule has 0 spiro atoms. The Kier molecular flexibility index (Phi) is 7.01. The van der Waals surface area contributed by atoms with Crippen molar-refractivity contribution in [3.05, 3.63) is 68.3 Å². The predicted molar refractivity (Wildman–Crippen MR) is 129 cm³/mol. The number of amides is 1. The summed E-state index contributed by atoms with van der Waals surface area (Å²) in [5.41, 5.74) is 2.42. The van der Waals surface area contributed by atoms with Gasteiger partial charge in [-0.1, -0.05) is 41.4 Å². The van der Waals surface area contributed by atoms with E-state index in [0.717, 1.165) is 47.9 Å². The van der Waals surface area contributed by atoms with Crippen molar-refractivity contribution >= 4 is 49.7 Å². The summed E-state index contributed by atoms with van der Waals surface area (Å²) < 4.78 is 30.8. The quantitative estimate of drug-likeness (QED) is 0.379. The molecular weight excluding hydrogens is 498 g/mol. The van der Waals surface area contributed by atoms with E-state index in [1.165, 1.54) is 18.4 Å². The van der Waals surface area contributed by atoms with Crippen LogP contribution in [0.5, 0.6) is 0 Å². The van der Waals surface area contributed by atoms with Crippen LogP contribution in [0.3, 0.4) is 0 Å². The van der Waals surface area contributed by atoms with E-state index in [-0.39, 0.29) is 16.5 Å². The number of anilines is 1. The van der Waals surface area contributed by atoms with Crippen molar-refractivity contribution < 1.29 is 22.7 Å². The average Bonchev–Trinajstić information content (AvgIpc) is 3.16. The molecule has 0 bridgehead atoms. The maximum atomic E-state index is 13.1. The maximum Gasteiger partial charge on any atom is 0.341 e. The Morgan fingerprint density at radius 2 is 2.00 bits per heavy atom. The third-order valence-corrected chi connectivity index (χ3v) is 8.39. The van der Waals surface area contributed by atoms with Crippen LogP contribution >= 0.6 is 22.9 Å². The van der Waals surface area contributed by atoms with E-state index in [1.807, 2.05) is 13.0 Å². The number of benzene rings is 1. The number of hydrogen-bond donors (Lipinski definition) is 1. The van der Waals surface area contributed by atoms with Crippen LogP contribution in [-0.2, 0) is 33.2 Å². The molecule has 11 heteroatoms.